The van der Waals surface area contributed by atoms with Gasteiger partial charge in [-0.25, -0.2) is 0 Å². The molecule has 0 radical (unpaired) electrons. The Morgan fingerprint density at radius 2 is 2.15 bits per heavy atom. The van der Waals surface area contributed by atoms with E-state index in [1.807, 2.05) is 0 Å². The van der Waals surface area contributed by atoms with Gasteiger partial charge in [0.15, 0.2) is 5.96 Å². The fourth-order valence-corrected chi connectivity index (χ4v) is 2.69. The summed E-state index contributed by atoms with van der Waals surface area (Å²) in [4.78, 5) is 4.24. The molecule has 2 rings (SSSR count). The van der Waals surface area contributed by atoms with Crippen LogP contribution in [0.2, 0.25) is 0 Å². The lowest BCUT2D eigenvalue weighted by molar-refractivity contribution is 0.0242. The van der Waals surface area contributed by atoms with E-state index in [1.54, 1.807) is 7.05 Å². The van der Waals surface area contributed by atoms with Crippen LogP contribution in [0.15, 0.2) is 4.99 Å². The van der Waals surface area contributed by atoms with E-state index in [1.165, 1.54) is 12.8 Å². The van der Waals surface area contributed by atoms with Crippen molar-refractivity contribution in [2.45, 2.75) is 50.7 Å². The van der Waals surface area contributed by atoms with Gasteiger partial charge < -0.3 is 20.1 Å². The quantitative estimate of drug-likeness (QED) is 0.423. The Kier molecular flexibility index (Phi) is 8.13. The summed E-state index contributed by atoms with van der Waals surface area (Å²) >= 11 is 0. The first-order chi connectivity index (χ1) is 9.22. The van der Waals surface area contributed by atoms with E-state index in [9.17, 15) is 0 Å². The minimum absolute atomic E-state index is 0. The van der Waals surface area contributed by atoms with Gasteiger partial charge in [0.1, 0.15) is 0 Å². The summed E-state index contributed by atoms with van der Waals surface area (Å²) in [6.07, 6.45) is 6.15. The molecule has 118 valence electrons. The summed E-state index contributed by atoms with van der Waals surface area (Å²) in [5, 5.41) is 6.69. The van der Waals surface area contributed by atoms with Crippen molar-refractivity contribution in [3.8, 4) is 0 Å². The summed E-state index contributed by atoms with van der Waals surface area (Å²) in [6, 6.07) is 0. The number of halogens is 1. The monoisotopic (exact) mass is 397 g/mol. The molecular formula is C14H28IN3O2. The molecule has 0 aliphatic carbocycles. The van der Waals surface area contributed by atoms with Crippen molar-refractivity contribution in [1.29, 1.82) is 0 Å². The van der Waals surface area contributed by atoms with Gasteiger partial charge >= 0.3 is 0 Å². The normalized spacial score (nSPS) is 30.1. The predicted molar refractivity (Wildman–Crippen MR) is 92.0 cm³/mol. The van der Waals surface area contributed by atoms with Gasteiger partial charge in [0.05, 0.1) is 11.7 Å². The van der Waals surface area contributed by atoms with Crippen molar-refractivity contribution in [3.63, 3.8) is 0 Å². The van der Waals surface area contributed by atoms with Crippen LogP contribution in [0.5, 0.6) is 0 Å². The van der Waals surface area contributed by atoms with Crippen molar-refractivity contribution < 1.29 is 9.47 Å². The zero-order valence-corrected chi connectivity index (χ0v) is 14.9. The van der Waals surface area contributed by atoms with Crippen molar-refractivity contribution in [1.82, 2.24) is 10.6 Å². The summed E-state index contributed by atoms with van der Waals surface area (Å²) < 4.78 is 11.4. The van der Waals surface area contributed by atoms with Gasteiger partial charge in [-0.05, 0) is 39.0 Å². The summed E-state index contributed by atoms with van der Waals surface area (Å²) in [6.45, 7) is 5.68. The Morgan fingerprint density at radius 3 is 2.75 bits per heavy atom. The molecule has 0 saturated carbocycles. The third kappa shape index (κ3) is 5.73. The van der Waals surface area contributed by atoms with Crippen molar-refractivity contribution in [3.05, 3.63) is 0 Å². The number of rotatable bonds is 5. The lowest BCUT2D eigenvalue weighted by atomic mass is 10.0. The number of ether oxygens (including phenoxy) is 2. The highest BCUT2D eigenvalue weighted by Crippen LogP contribution is 2.23. The Labute approximate surface area is 139 Å². The van der Waals surface area contributed by atoms with E-state index in [4.69, 9.17) is 9.47 Å². The Balaban J connectivity index is 0.00000200. The molecule has 2 N–H and O–H groups in total. The maximum Gasteiger partial charge on any atom is 0.191 e. The van der Waals surface area contributed by atoms with Crippen molar-refractivity contribution >= 4 is 29.9 Å². The van der Waals surface area contributed by atoms with Crippen LogP contribution in [0.3, 0.4) is 0 Å². The Bertz CT molecular complexity index is 301. The smallest absolute Gasteiger partial charge is 0.191 e. The van der Waals surface area contributed by atoms with Gasteiger partial charge in [0.25, 0.3) is 0 Å². The molecule has 0 spiro atoms. The average molecular weight is 397 g/mol. The first-order valence-electron chi connectivity index (χ1n) is 7.42. The average Bonchev–Trinajstić information content (AvgIpc) is 3.06. The molecule has 2 unspecified atom stereocenters. The number of guanidine groups is 1. The minimum atomic E-state index is -0.0355. The van der Waals surface area contributed by atoms with Crippen LogP contribution in [-0.4, -0.2) is 51.0 Å². The summed E-state index contributed by atoms with van der Waals surface area (Å²) in [7, 11) is 1.80. The van der Waals surface area contributed by atoms with Gasteiger partial charge in [-0.2, -0.15) is 0 Å². The molecule has 5 nitrogen and oxygen atoms in total. The zero-order chi connectivity index (χ0) is 13.6. The van der Waals surface area contributed by atoms with E-state index >= 15 is 0 Å². The van der Waals surface area contributed by atoms with Crippen LogP contribution in [0, 0.1) is 0 Å². The largest absolute Gasteiger partial charge is 0.378 e. The second-order valence-corrected chi connectivity index (χ2v) is 5.68. The van der Waals surface area contributed by atoms with Crippen molar-refractivity contribution in [2.75, 3.05) is 33.4 Å². The topological polar surface area (TPSA) is 54.9 Å². The van der Waals surface area contributed by atoms with E-state index in [-0.39, 0.29) is 29.6 Å². The molecule has 2 atom stereocenters. The fourth-order valence-electron chi connectivity index (χ4n) is 2.69. The SMILES string of the molecule is CN=C(NCCC1CCCO1)NCC1(C)CCCO1.I. The molecule has 2 saturated heterocycles. The third-order valence-electron chi connectivity index (χ3n) is 3.94. The molecule has 6 heteroatoms. The maximum atomic E-state index is 5.76. The highest BCUT2D eigenvalue weighted by molar-refractivity contribution is 14.0. The lowest BCUT2D eigenvalue weighted by Gasteiger charge is -2.24. The fraction of sp³-hybridized carbons (Fsp3) is 0.929. The molecule has 20 heavy (non-hydrogen) atoms. The highest BCUT2D eigenvalue weighted by atomic mass is 127. The van der Waals surface area contributed by atoms with Gasteiger partial charge in [-0.3, -0.25) is 4.99 Å². The standard InChI is InChI=1S/C14H27N3O2.HI/c1-14(7-4-10-19-14)11-17-13(15-2)16-8-6-12-5-3-9-18-12;/h12H,3-11H2,1-2H3,(H2,15,16,17);1H. The second-order valence-electron chi connectivity index (χ2n) is 5.68. The molecule has 0 amide bonds. The molecule has 2 aliphatic heterocycles. The van der Waals surface area contributed by atoms with Crippen LogP contribution < -0.4 is 10.6 Å². The van der Waals surface area contributed by atoms with Crippen LogP contribution in [-0.2, 0) is 9.47 Å². The minimum Gasteiger partial charge on any atom is -0.378 e. The summed E-state index contributed by atoms with van der Waals surface area (Å²) in [5.74, 6) is 0.856. The molecule has 0 aromatic rings. The van der Waals surface area contributed by atoms with Crippen LogP contribution in [0.4, 0.5) is 0 Å². The zero-order valence-electron chi connectivity index (χ0n) is 12.6. The molecule has 0 bridgehead atoms. The Morgan fingerprint density at radius 1 is 1.30 bits per heavy atom. The number of aliphatic imine (C=N–C) groups is 1. The van der Waals surface area contributed by atoms with Crippen LogP contribution in [0.1, 0.15) is 39.0 Å². The number of nitrogens with zero attached hydrogens (tertiary/aromatic N) is 1. The summed E-state index contributed by atoms with van der Waals surface area (Å²) in [5.41, 5.74) is -0.0355. The second kappa shape index (κ2) is 9.04. The van der Waals surface area contributed by atoms with Crippen molar-refractivity contribution in [2.24, 2.45) is 4.99 Å². The van der Waals surface area contributed by atoms with E-state index in [0.29, 0.717) is 6.10 Å². The first kappa shape index (κ1) is 18.0. The highest BCUT2D eigenvalue weighted by Gasteiger charge is 2.29. The van der Waals surface area contributed by atoms with Crippen LogP contribution in [0.25, 0.3) is 0 Å². The first-order valence-corrected chi connectivity index (χ1v) is 7.42. The third-order valence-corrected chi connectivity index (χ3v) is 3.94. The van der Waals surface area contributed by atoms with Gasteiger partial charge in [0.2, 0.25) is 0 Å². The van der Waals surface area contributed by atoms with Crippen LogP contribution >= 0.6 is 24.0 Å². The molecule has 2 heterocycles. The Hall–Kier alpha value is -0.0800. The molecule has 0 aromatic heterocycles. The molecule has 2 aliphatic rings. The number of hydrogen-bond donors (Lipinski definition) is 2. The van der Waals surface area contributed by atoms with Gasteiger partial charge in [0, 0.05) is 33.4 Å². The maximum absolute atomic E-state index is 5.76. The lowest BCUT2D eigenvalue weighted by Crippen LogP contribution is -2.46. The number of nitrogens with one attached hydrogen (secondary N) is 2. The van der Waals surface area contributed by atoms with Gasteiger partial charge in [-0.1, -0.05) is 0 Å². The predicted octanol–water partition coefficient (Wildman–Crippen LogP) is 1.91. The van der Waals surface area contributed by atoms with E-state index in [0.717, 1.165) is 51.5 Å². The van der Waals surface area contributed by atoms with Gasteiger partial charge in [-0.15, -0.1) is 24.0 Å². The molecule has 2 fully saturated rings. The van der Waals surface area contributed by atoms with E-state index < -0.39 is 0 Å². The van der Waals surface area contributed by atoms with E-state index in [2.05, 4.69) is 22.5 Å². The number of hydrogen-bond acceptors (Lipinski definition) is 3. The molecule has 0 aromatic carbocycles. The molecular weight excluding hydrogens is 369 g/mol.